The third-order valence-electron chi connectivity index (χ3n) is 3.94. The highest BCUT2D eigenvalue weighted by Crippen LogP contribution is 2.20. The Morgan fingerprint density at radius 3 is 2.28 bits per heavy atom. The molecule has 25 heavy (non-hydrogen) atoms. The summed E-state index contributed by atoms with van der Waals surface area (Å²) in [5, 5.41) is 11.0. The molecule has 0 aliphatic heterocycles. The molecule has 6 heteroatoms. The molecule has 2 rings (SSSR count). The second kappa shape index (κ2) is 7.70. The summed E-state index contributed by atoms with van der Waals surface area (Å²) in [5.41, 5.74) is 1.88. The Kier molecular flexibility index (Phi) is 5.64. The van der Waals surface area contributed by atoms with Crippen LogP contribution in [0.4, 0.5) is 5.69 Å². The fourth-order valence-electron chi connectivity index (χ4n) is 2.35. The Morgan fingerprint density at radius 1 is 1.12 bits per heavy atom. The van der Waals surface area contributed by atoms with E-state index < -0.39 is 17.0 Å². The van der Waals surface area contributed by atoms with E-state index in [9.17, 15) is 19.7 Å². The average Bonchev–Trinajstić information content (AvgIpc) is 2.61. The molecule has 0 heterocycles. The standard InChI is InChI=1S/C19H19NO5/c1-4-14-6-9-15(10-7-14)18(21)13(3)25-19(22)16-8-5-12(2)17(11-16)20(23)24/h5-11,13H,4H2,1-3H3/t13-/m0/s1. The normalized spacial score (nSPS) is 11.6. The number of nitro groups is 1. The van der Waals surface area contributed by atoms with Crippen LogP contribution in [-0.4, -0.2) is 22.8 Å². The SMILES string of the molecule is CCc1ccc(C(=O)[C@H](C)OC(=O)c2ccc(C)c([N+](=O)[O-])c2)cc1. The Hall–Kier alpha value is -3.02. The molecule has 1 atom stereocenters. The molecular weight excluding hydrogens is 322 g/mol. The molecule has 0 aliphatic rings. The number of Topliss-reactive ketones (excluding diaryl/α,β-unsaturated/α-hetero) is 1. The smallest absolute Gasteiger partial charge is 0.339 e. The first-order valence-corrected chi connectivity index (χ1v) is 7.92. The van der Waals surface area contributed by atoms with Gasteiger partial charge in [-0.3, -0.25) is 14.9 Å². The van der Waals surface area contributed by atoms with E-state index in [1.54, 1.807) is 19.1 Å². The van der Waals surface area contributed by atoms with E-state index in [1.807, 2.05) is 19.1 Å². The van der Waals surface area contributed by atoms with Gasteiger partial charge < -0.3 is 4.74 Å². The molecule has 0 radical (unpaired) electrons. The van der Waals surface area contributed by atoms with Gasteiger partial charge in [0, 0.05) is 17.2 Å². The average molecular weight is 341 g/mol. The Morgan fingerprint density at radius 2 is 1.72 bits per heavy atom. The Balaban J connectivity index is 2.12. The Labute approximate surface area is 145 Å². The van der Waals surface area contributed by atoms with Gasteiger partial charge in [0.25, 0.3) is 5.69 Å². The van der Waals surface area contributed by atoms with E-state index in [0.717, 1.165) is 18.1 Å². The van der Waals surface area contributed by atoms with Gasteiger partial charge in [-0.05, 0) is 31.9 Å². The number of hydrogen-bond donors (Lipinski definition) is 0. The number of ether oxygens (including phenoxy) is 1. The van der Waals surface area contributed by atoms with Crippen LogP contribution in [0.15, 0.2) is 42.5 Å². The molecule has 0 aliphatic carbocycles. The second-order valence-corrected chi connectivity index (χ2v) is 5.72. The molecule has 0 saturated carbocycles. The molecule has 0 bridgehead atoms. The molecule has 0 unspecified atom stereocenters. The molecule has 130 valence electrons. The molecule has 0 fully saturated rings. The van der Waals surface area contributed by atoms with E-state index in [0.29, 0.717) is 11.1 Å². The minimum absolute atomic E-state index is 0.0401. The van der Waals surface area contributed by atoms with Gasteiger partial charge in [0.1, 0.15) is 0 Å². The van der Waals surface area contributed by atoms with Crippen LogP contribution in [-0.2, 0) is 11.2 Å². The quantitative estimate of drug-likeness (QED) is 0.344. The molecular formula is C19H19NO5. The fourth-order valence-corrected chi connectivity index (χ4v) is 2.35. The van der Waals surface area contributed by atoms with Crippen molar-refractivity contribution in [3.63, 3.8) is 0 Å². The number of esters is 1. The van der Waals surface area contributed by atoms with Gasteiger partial charge in [0.15, 0.2) is 6.10 Å². The molecule has 2 aromatic carbocycles. The lowest BCUT2D eigenvalue weighted by Gasteiger charge is -2.13. The van der Waals surface area contributed by atoms with Gasteiger partial charge in [0.2, 0.25) is 5.78 Å². The maximum atomic E-state index is 12.4. The first-order chi connectivity index (χ1) is 11.8. The predicted octanol–water partition coefficient (Wildman–Crippen LogP) is 3.89. The number of aryl methyl sites for hydroxylation is 2. The highest BCUT2D eigenvalue weighted by molar-refractivity contribution is 6.01. The van der Waals surface area contributed by atoms with E-state index in [1.165, 1.54) is 19.1 Å². The summed E-state index contributed by atoms with van der Waals surface area (Å²) in [5.74, 6) is -1.09. The minimum Gasteiger partial charge on any atom is -0.451 e. The highest BCUT2D eigenvalue weighted by atomic mass is 16.6. The van der Waals surface area contributed by atoms with Gasteiger partial charge in [-0.25, -0.2) is 4.79 Å². The maximum absolute atomic E-state index is 12.4. The van der Waals surface area contributed by atoms with Crippen molar-refractivity contribution in [2.24, 2.45) is 0 Å². The summed E-state index contributed by atoms with van der Waals surface area (Å²) in [7, 11) is 0. The van der Waals surface area contributed by atoms with Crippen LogP contribution < -0.4 is 0 Å². The zero-order chi connectivity index (χ0) is 18.6. The Bertz CT molecular complexity index is 811. The van der Waals surface area contributed by atoms with Crippen molar-refractivity contribution >= 4 is 17.4 Å². The van der Waals surface area contributed by atoms with Crippen molar-refractivity contribution in [2.75, 3.05) is 0 Å². The van der Waals surface area contributed by atoms with Crippen molar-refractivity contribution in [1.82, 2.24) is 0 Å². The molecule has 2 aromatic rings. The summed E-state index contributed by atoms with van der Waals surface area (Å²) in [6.07, 6.45) is -0.120. The number of ketones is 1. The lowest BCUT2D eigenvalue weighted by molar-refractivity contribution is -0.385. The topological polar surface area (TPSA) is 86.5 Å². The van der Waals surface area contributed by atoms with Crippen LogP contribution >= 0.6 is 0 Å². The lowest BCUT2D eigenvalue weighted by atomic mass is 10.0. The van der Waals surface area contributed by atoms with E-state index in [4.69, 9.17) is 4.74 Å². The first kappa shape index (κ1) is 18.3. The van der Waals surface area contributed by atoms with Gasteiger partial charge in [-0.2, -0.15) is 0 Å². The van der Waals surface area contributed by atoms with Crippen LogP contribution in [0.5, 0.6) is 0 Å². The van der Waals surface area contributed by atoms with E-state index >= 15 is 0 Å². The molecule has 0 saturated heterocycles. The lowest BCUT2D eigenvalue weighted by Crippen LogP contribution is -2.24. The van der Waals surface area contributed by atoms with Crippen LogP contribution in [0, 0.1) is 17.0 Å². The first-order valence-electron chi connectivity index (χ1n) is 7.92. The monoisotopic (exact) mass is 341 g/mol. The van der Waals surface area contributed by atoms with E-state index in [2.05, 4.69) is 0 Å². The van der Waals surface area contributed by atoms with Crippen LogP contribution in [0.25, 0.3) is 0 Å². The van der Waals surface area contributed by atoms with Crippen molar-refractivity contribution in [3.8, 4) is 0 Å². The third kappa shape index (κ3) is 4.29. The summed E-state index contributed by atoms with van der Waals surface area (Å²) >= 11 is 0. The number of rotatable bonds is 6. The third-order valence-corrected chi connectivity index (χ3v) is 3.94. The number of nitrogens with zero attached hydrogens (tertiary/aromatic N) is 1. The number of carbonyl (C=O) groups is 2. The number of nitro benzene ring substituents is 1. The van der Waals surface area contributed by atoms with Crippen LogP contribution in [0.1, 0.15) is 45.7 Å². The number of carbonyl (C=O) groups excluding carboxylic acids is 2. The molecule has 6 nitrogen and oxygen atoms in total. The van der Waals surface area contributed by atoms with Crippen LogP contribution in [0.2, 0.25) is 0 Å². The second-order valence-electron chi connectivity index (χ2n) is 5.72. The van der Waals surface area contributed by atoms with Gasteiger partial charge >= 0.3 is 5.97 Å². The molecule has 0 N–H and O–H groups in total. The van der Waals surface area contributed by atoms with Crippen molar-refractivity contribution < 1.29 is 19.2 Å². The number of hydrogen-bond acceptors (Lipinski definition) is 5. The fraction of sp³-hybridized carbons (Fsp3) is 0.263. The summed E-state index contributed by atoms with van der Waals surface area (Å²) < 4.78 is 5.17. The van der Waals surface area contributed by atoms with Gasteiger partial charge in [0.05, 0.1) is 10.5 Å². The summed E-state index contributed by atoms with van der Waals surface area (Å²) in [4.78, 5) is 34.9. The van der Waals surface area contributed by atoms with Crippen LogP contribution in [0.3, 0.4) is 0 Å². The van der Waals surface area contributed by atoms with E-state index in [-0.39, 0.29) is 17.0 Å². The minimum atomic E-state index is -0.986. The zero-order valence-electron chi connectivity index (χ0n) is 14.3. The van der Waals surface area contributed by atoms with Gasteiger partial charge in [-0.1, -0.05) is 37.3 Å². The van der Waals surface area contributed by atoms with Crippen molar-refractivity contribution in [2.45, 2.75) is 33.3 Å². The molecule has 0 spiro atoms. The summed E-state index contributed by atoms with van der Waals surface area (Å²) in [6.45, 7) is 5.08. The maximum Gasteiger partial charge on any atom is 0.339 e. The summed E-state index contributed by atoms with van der Waals surface area (Å²) in [6, 6.07) is 11.2. The molecule has 0 amide bonds. The highest BCUT2D eigenvalue weighted by Gasteiger charge is 2.22. The van der Waals surface area contributed by atoms with Crippen molar-refractivity contribution in [1.29, 1.82) is 0 Å². The zero-order valence-corrected chi connectivity index (χ0v) is 14.3. The molecule has 0 aromatic heterocycles. The van der Waals surface area contributed by atoms with Crippen molar-refractivity contribution in [3.05, 3.63) is 74.8 Å². The van der Waals surface area contributed by atoms with Gasteiger partial charge in [-0.15, -0.1) is 0 Å². The predicted molar refractivity (Wildman–Crippen MR) is 92.9 cm³/mol. The number of benzene rings is 2. The largest absolute Gasteiger partial charge is 0.451 e.